The summed E-state index contributed by atoms with van der Waals surface area (Å²) in [5, 5.41) is 20.9. The Hall–Kier alpha value is -1.69. The molecule has 0 aromatic heterocycles. The molecule has 1 heterocycles. The number of hydrogen-bond acceptors (Lipinski definition) is 4. The number of aliphatic carboxylic acids is 1. The Labute approximate surface area is 95.5 Å². The van der Waals surface area contributed by atoms with Gasteiger partial charge in [0.15, 0.2) is 0 Å². The zero-order valence-corrected chi connectivity index (χ0v) is 9.00. The van der Waals surface area contributed by atoms with E-state index < -0.39 is 5.97 Å². The van der Waals surface area contributed by atoms with E-state index in [0.717, 1.165) is 4.90 Å². The average molecular weight is 239 g/mol. The first-order valence-corrected chi connectivity index (χ1v) is 5.55. The minimum atomic E-state index is -1.02. The van der Waals surface area contributed by atoms with Gasteiger partial charge in [-0.15, -0.1) is 11.8 Å². The van der Waals surface area contributed by atoms with Gasteiger partial charge in [-0.1, -0.05) is 0 Å². The number of carboxylic acid groups (broad SMARTS) is 1. The molecule has 1 aliphatic rings. The number of amides is 1. The summed E-state index contributed by atoms with van der Waals surface area (Å²) in [7, 11) is 0. The minimum absolute atomic E-state index is 0.0511. The second-order valence-electron chi connectivity index (χ2n) is 3.38. The summed E-state index contributed by atoms with van der Waals surface area (Å²) in [5.41, 5.74) is 0.865. The first kappa shape index (κ1) is 10.8. The number of carbonyl (C=O) groups excluding carboxylic acids is 1. The van der Waals surface area contributed by atoms with E-state index in [1.165, 1.54) is 23.9 Å². The number of hydrogen-bond donors (Lipinski definition) is 3. The Kier molecular flexibility index (Phi) is 2.74. The summed E-state index contributed by atoms with van der Waals surface area (Å²) in [6.07, 6.45) is -0.264. The zero-order valence-electron chi connectivity index (χ0n) is 8.19. The molecular formula is C10H9NO4S. The smallest absolute Gasteiger partial charge is 0.307 e. The lowest BCUT2D eigenvalue weighted by atomic mass is 10.1. The molecule has 84 valence electrons. The van der Waals surface area contributed by atoms with E-state index in [1.54, 1.807) is 0 Å². The van der Waals surface area contributed by atoms with Crippen molar-refractivity contribution in [1.82, 2.24) is 0 Å². The Bertz CT molecular complexity index is 472. The number of carboxylic acids is 1. The summed E-state index contributed by atoms with van der Waals surface area (Å²) >= 11 is 1.32. The van der Waals surface area contributed by atoms with E-state index in [9.17, 15) is 14.7 Å². The molecule has 0 fully saturated rings. The van der Waals surface area contributed by atoms with Crippen molar-refractivity contribution in [3.63, 3.8) is 0 Å². The number of fused-ring (bicyclic) bond motifs is 1. The van der Waals surface area contributed by atoms with Crippen molar-refractivity contribution in [3.05, 3.63) is 17.7 Å². The van der Waals surface area contributed by atoms with Crippen molar-refractivity contribution < 1.29 is 19.8 Å². The predicted octanol–water partition coefficient (Wildman–Crippen LogP) is 1.06. The molecule has 0 saturated heterocycles. The lowest BCUT2D eigenvalue weighted by Gasteiger charge is -2.17. The second kappa shape index (κ2) is 4.05. The van der Waals surface area contributed by atoms with Gasteiger partial charge in [-0.3, -0.25) is 9.59 Å². The topological polar surface area (TPSA) is 86.6 Å². The van der Waals surface area contributed by atoms with Crippen LogP contribution in [0.5, 0.6) is 5.75 Å². The van der Waals surface area contributed by atoms with Crippen LogP contribution in [0, 0.1) is 0 Å². The molecule has 1 aromatic rings. The molecule has 1 amide bonds. The van der Waals surface area contributed by atoms with Gasteiger partial charge in [-0.2, -0.15) is 0 Å². The second-order valence-corrected chi connectivity index (χ2v) is 4.40. The maximum atomic E-state index is 11.1. The van der Waals surface area contributed by atoms with Gasteiger partial charge in [0.1, 0.15) is 5.75 Å². The minimum Gasteiger partial charge on any atom is -0.508 e. The van der Waals surface area contributed by atoms with Crippen molar-refractivity contribution in [3.8, 4) is 5.75 Å². The van der Waals surface area contributed by atoms with E-state index in [4.69, 9.17) is 5.11 Å². The molecule has 0 unspecified atom stereocenters. The van der Waals surface area contributed by atoms with Crippen molar-refractivity contribution in [2.75, 3.05) is 11.1 Å². The van der Waals surface area contributed by atoms with Crippen LogP contribution >= 0.6 is 11.8 Å². The molecule has 5 nitrogen and oxygen atoms in total. The molecule has 0 aliphatic carbocycles. The molecule has 0 spiro atoms. The fourth-order valence-corrected chi connectivity index (χ4v) is 2.28. The molecule has 6 heteroatoms. The van der Waals surface area contributed by atoms with E-state index >= 15 is 0 Å². The molecule has 0 bridgehead atoms. The highest BCUT2D eigenvalue weighted by molar-refractivity contribution is 8.00. The monoisotopic (exact) mass is 239 g/mol. The lowest BCUT2D eigenvalue weighted by molar-refractivity contribution is -0.136. The highest BCUT2D eigenvalue weighted by Crippen LogP contribution is 2.36. The largest absolute Gasteiger partial charge is 0.508 e. The molecule has 0 radical (unpaired) electrons. The first-order valence-electron chi connectivity index (χ1n) is 4.56. The summed E-state index contributed by atoms with van der Waals surface area (Å²) in [6.45, 7) is 0. The van der Waals surface area contributed by atoms with Crippen molar-refractivity contribution in [2.24, 2.45) is 0 Å². The van der Waals surface area contributed by atoms with Crippen molar-refractivity contribution >= 4 is 29.3 Å². The first-order chi connectivity index (χ1) is 7.56. The predicted molar refractivity (Wildman–Crippen MR) is 58.8 cm³/mol. The van der Waals surface area contributed by atoms with Gasteiger partial charge in [-0.25, -0.2) is 0 Å². The molecule has 0 atom stereocenters. The number of nitrogens with one attached hydrogen (secondary N) is 1. The zero-order chi connectivity index (χ0) is 11.7. The fourth-order valence-electron chi connectivity index (χ4n) is 1.47. The van der Waals surface area contributed by atoms with E-state index in [2.05, 4.69) is 5.32 Å². The summed E-state index contributed by atoms with van der Waals surface area (Å²) in [5.74, 6) is -0.885. The van der Waals surface area contributed by atoms with Gasteiger partial charge in [0.25, 0.3) is 0 Å². The lowest BCUT2D eigenvalue weighted by Crippen LogP contribution is -2.19. The van der Waals surface area contributed by atoms with Gasteiger partial charge >= 0.3 is 5.97 Å². The highest BCUT2D eigenvalue weighted by atomic mass is 32.2. The molecule has 0 saturated carbocycles. The number of aromatic hydroxyl groups is 1. The van der Waals surface area contributed by atoms with Crippen LogP contribution in [-0.2, 0) is 16.0 Å². The van der Waals surface area contributed by atoms with Crippen LogP contribution in [0.1, 0.15) is 5.56 Å². The van der Waals surface area contributed by atoms with Crippen LogP contribution < -0.4 is 5.32 Å². The Balaban J connectivity index is 2.38. The Morgan fingerprint density at radius 3 is 2.94 bits per heavy atom. The molecule has 16 heavy (non-hydrogen) atoms. The van der Waals surface area contributed by atoms with E-state index in [-0.39, 0.29) is 18.1 Å². The van der Waals surface area contributed by atoms with E-state index in [0.29, 0.717) is 17.0 Å². The third-order valence-corrected chi connectivity index (χ3v) is 3.21. The maximum Gasteiger partial charge on any atom is 0.307 e. The number of carbonyl (C=O) groups is 2. The fraction of sp³-hybridized carbons (Fsp3) is 0.200. The maximum absolute atomic E-state index is 11.1. The molecule has 3 N–H and O–H groups in total. The van der Waals surface area contributed by atoms with Crippen molar-refractivity contribution in [2.45, 2.75) is 11.3 Å². The third kappa shape index (κ3) is 2.11. The van der Waals surface area contributed by atoms with Crippen LogP contribution in [0.3, 0.4) is 0 Å². The summed E-state index contributed by atoms with van der Waals surface area (Å²) in [4.78, 5) is 22.4. The SMILES string of the molecule is O=C(O)Cc1cc2c(cc1O)SCC(=O)N2. The standard InChI is InChI=1S/C10H9NO4S/c12-7-3-8-6(11-9(13)4-16-8)1-5(7)2-10(14)15/h1,3,12H,2,4H2,(H,11,13)(H,14,15). The summed E-state index contributed by atoms with van der Waals surface area (Å²) < 4.78 is 0. The number of benzene rings is 1. The van der Waals surface area contributed by atoms with Gasteiger partial charge in [0.2, 0.25) is 5.91 Å². The molecule has 2 rings (SSSR count). The van der Waals surface area contributed by atoms with Crippen LogP contribution in [-0.4, -0.2) is 27.8 Å². The van der Waals surface area contributed by atoms with E-state index in [1.807, 2.05) is 0 Å². The molecular weight excluding hydrogens is 230 g/mol. The van der Waals surface area contributed by atoms with Crippen LogP contribution in [0.15, 0.2) is 17.0 Å². The number of phenols is 1. The number of rotatable bonds is 2. The molecule has 1 aliphatic heterocycles. The van der Waals surface area contributed by atoms with Crippen molar-refractivity contribution in [1.29, 1.82) is 0 Å². The van der Waals surface area contributed by atoms with Crippen LogP contribution in [0.25, 0.3) is 0 Å². The van der Waals surface area contributed by atoms with Gasteiger partial charge < -0.3 is 15.5 Å². The molecule has 1 aromatic carbocycles. The normalized spacial score (nSPS) is 14.1. The van der Waals surface area contributed by atoms with Crippen LogP contribution in [0.2, 0.25) is 0 Å². The number of thioether (sulfide) groups is 1. The average Bonchev–Trinajstić information content (AvgIpc) is 2.19. The number of anilines is 1. The quantitative estimate of drug-likeness (QED) is 0.672. The van der Waals surface area contributed by atoms with Gasteiger partial charge in [-0.05, 0) is 12.1 Å². The highest BCUT2D eigenvalue weighted by Gasteiger charge is 2.18. The Morgan fingerprint density at radius 1 is 1.50 bits per heavy atom. The summed E-state index contributed by atoms with van der Waals surface area (Å²) in [6, 6.07) is 2.99. The number of phenolic OH excluding ortho intramolecular Hbond substituents is 1. The van der Waals surface area contributed by atoms with Crippen LogP contribution in [0.4, 0.5) is 5.69 Å². The van der Waals surface area contributed by atoms with Gasteiger partial charge in [0, 0.05) is 10.5 Å². The van der Waals surface area contributed by atoms with Gasteiger partial charge in [0.05, 0.1) is 17.9 Å². The Morgan fingerprint density at radius 2 is 2.25 bits per heavy atom. The third-order valence-electron chi connectivity index (χ3n) is 2.16.